The van der Waals surface area contributed by atoms with Crippen molar-refractivity contribution in [3.05, 3.63) is 24.3 Å². The van der Waals surface area contributed by atoms with Crippen LogP contribution >= 0.6 is 0 Å². The van der Waals surface area contributed by atoms with Gasteiger partial charge in [0.15, 0.2) is 0 Å². The molecule has 0 unspecified atom stereocenters. The van der Waals surface area contributed by atoms with Crippen LogP contribution in [-0.2, 0) is 0 Å². The second-order valence-corrected chi connectivity index (χ2v) is 1.56. The van der Waals surface area contributed by atoms with Crippen LogP contribution in [0.1, 0.15) is 13.8 Å². The van der Waals surface area contributed by atoms with Crippen molar-refractivity contribution in [1.82, 2.24) is 6.15 Å². The lowest BCUT2D eigenvalue weighted by Gasteiger charge is -1.88. The zero-order valence-corrected chi connectivity index (χ0v) is 5.12. The highest BCUT2D eigenvalue weighted by atomic mass is 14.0. The standard InChI is InChI=1S/C6H10.H3N/c1-5(2)6(3)4;/h1,3H2,2,4H3;1H3. The van der Waals surface area contributed by atoms with Gasteiger partial charge in [0.1, 0.15) is 0 Å². The second kappa shape index (κ2) is 3.62. The molecule has 0 aliphatic rings. The van der Waals surface area contributed by atoms with Crippen molar-refractivity contribution in [3.8, 4) is 0 Å². The molecule has 0 aliphatic heterocycles. The van der Waals surface area contributed by atoms with E-state index in [9.17, 15) is 0 Å². The summed E-state index contributed by atoms with van der Waals surface area (Å²) in [7, 11) is 0. The Hall–Kier alpha value is -0.560. The van der Waals surface area contributed by atoms with Crippen LogP contribution in [0.25, 0.3) is 0 Å². The van der Waals surface area contributed by atoms with E-state index in [-0.39, 0.29) is 6.15 Å². The predicted octanol–water partition coefficient (Wildman–Crippen LogP) is 2.30. The van der Waals surface area contributed by atoms with E-state index in [0.717, 1.165) is 11.1 Å². The van der Waals surface area contributed by atoms with Crippen LogP contribution in [0.3, 0.4) is 0 Å². The fourth-order valence-electron chi connectivity index (χ4n) is 0. The zero-order valence-electron chi connectivity index (χ0n) is 5.12. The molecule has 0 radical (unpaired) electrons. The maximum Gasteiger partial charge on any atom is -0.0401 e. The van der Waals surface area contributed by atoms with E-state index < -0.39 is 0 Å². The van der Waals surface area contributed by atoms with E-state index in [0.29, 0.717) is 0 Å². The van der Waals surface area contributed by atoms with Gasteiger partial charge in [0.2, 0.25) is 0 Å². The minimum absolute atomic E-state index is 0. The summed E-state index contributed by atoms with van der Waals surface area (Å²) in [4.78, 5) is 0. The van der Waals surface area contributed by atoms with Gasteiger partial charge in [-0.3, -0.25) is 0 Å². The Labute approximate surface area is 45.3 Å². The van der Waals surface area contributed by atoms with Crippen molar-refractivity contribution < 1.29 is 0 Å². The first kappa shape index (κ1) is 9.67. The SMILES string of the molecule is C=C(C)C(=C)C.N. The van der Waals surface area contributed by atoms with Gasteiger partial charge in [0.05, 0.1) is 0 Å². The first-order chi connectivity index (χ1) is 2.64. The molecule has 7 heavy (non-hydrogen) atoms. The van der Waals surface area contributed by atoms with Crippen LogP contribution in [0.5, 0.6) is 0 Å². The smallest absolute Gasteiger partial charge is 0.0401 e. The zero-order chi connectivity index (χ0) is 5.15. The minimum atomic E-state index is 0. The van der Waals surface area contributed by atoms with E-state index in [2.05, 4.69) is 13.2 Å². The maximum absolute atomic E-state index is 3.66. The number of hydrogen-bond donors (Lipinski definition) is 1. The molecule has 0 atom stereocenters. The van der Waals surface area contributed by atoms with Crippen molar-refractivity contribution in [2.24, 2.45) is 0 Å². The van der Waals surface area contributed by atoms with Crippen molar-refractivity contribution >= 4 is 0 Å². The topological polar surface area (TPSA) is 35.0 Å². The highest BCUT2D eigenvalue weighted by Gasteiger charge is 1.77. The van der Waals surface area contributed by atoms with Gasteiger partial charge in [-0.1, -0.05) is 24.3 Å². The van der Waals surface area contributed by atoms with Crippen LogP contribution in [-0.4, -0.2) is 0 Å². The normalized spacial score (nSPS) is 6.57. The Bertz CT molecular complexity index is 70.2. The molecule has 0 saturated carbocycles. The van der Waals surface area contributed by atoms with Gasteiger partial charge in [0.25, 0.3) is 0 Å². The molecular formula is C6H13N. The summed E-state index contributed by atoms with van der Waals surface area (Å²) in [6.45, 7) is 11.2. The average molecular weight is 99.2 g/mol. The Morgan fingerprint density at radius 3 is 1.14 bits per heavy atom. The van der Waals surface area contributed by atoms with Crippen molar-refractivity contribution in [2.45, 2.75) is 13.8 Å². The van der Waals surface area contributed by atoms with Crippen LogP contribution in [0.15, 0.2) is 24.3 Å². The van der Waals surface area contributed by atoms with Crippen molar-refractivity contribution in [2.75, 3.05) is 0 Å². The van der Waals surface area contributed by atoms with Crippen LogP contribution in [0, 0.1) is 0 Å². The van der Waals surface area contributed by atoms with E-state index >= 15 is 0 Å². The number of hydrogen-bond acceptors (Lipinski definition) is 1. The molecular weight excluding hydrogens is 86.1 g/mol. The van der Waals surface area contributed by atoms with Gasteiger partial charge in [-0.2, -0.15) is 0 Å². The van der Waals surface area contributed by atoms with E-state index in [1.807, 2.05) is 13.8 Å². The monoisotopic (exact) mass is 99.1 g/mol. The molecule has 0 fully saturated rings. The molecule has 0 aromatic heterocycles. The summed E-state index contributed by atoms with van der Waals surface area (Å²) in [5.41, 5.74) is 2.13. The molecule has 3 N–H and O–H groups in total. The molecule has 0 aromatic carbocycles. The molecule has 0 aromatic rings. The largest absolute Gasteiger partial charge is 0.344 e. The molecule has 0 heterocycles. The predicted molar refractivity (Wildman–Crippen MR) is 34.7 cm³/mol. The van der Waals surface area contributed by atoms with Crippen LogP contribution in [0.4, 0.5) is 0 Å². The molecule has 0 bridgehead atoms. The van der Waals surface area contributed by atoms with Crippen LogP contribution < -0.4 is 6.15 Å². The second-order valence-electron chi connectivity index (χ2n) is 1.56. The first-order valence-corrected chi connectivity index (χ1v) is 1.96. The third-order valence-corrected chi connectivity index (χ3v) is 0.729. The van der Waals surface area contributed by atoms with Crippen molar-refractivity contribution in [1.29, 1.82) is 0 Å². The maximum atomic E-state index is 3.66. The molecule has 1 heteroatoms. The van der Waals surface area contributed by atoms with Gasteiger partial charge >= 0.3 is 0 Å². The lowest BCUT2D eigenvalue weighted by Crippen LogP contribution is -1.67. The fourth-order valence-corrected chi connectivity index (χ4v) is 0. The van der Waals surface area contributed by atoms with E-state index in [1.54, 1.807) is 0 Å². The number of allylic oxidation sites excluding steroid dienone is 2. The third kappa shape index (κ3) is 5.44. The van der Waals surface area contributed by atoms with Gasteiger partial charge in [-0.25, -0.2) is 0 Å². The lowest BCUT2D eigenvalue weighted by molar-refractivity contribution is 1.39. The summed E-state index contributed by atoms with van der Waals surface area (Å²) in [5.74, 6) is 0. The lowest BCUT2D eigenvalue weighted by atomic mass is 10.2. The van der Waals surface area contributed by atoms with Gasteiger partial charge < -0.3 is 6.15 Å². The average Bonchev–Trinajstić information content (AvgIpc) is 1.36. The summed E-state index contributed by atoms with van der Waals surface area (Å²) < 4.78 is 0. The molecule has 42 valence electrons. The van der Waals surface area contributed by atoms with E-state index in [1.165, 1.54) is 0 Å². The summed E-state index contributed by atoms with van der Waals surface area (Å²) in [6, 6.07) is 0. The summed E-state index contributed by atoms with van der Waals surface area (Å²) in [6.07, 6.45) is 0. The Morgan fingerprint density at radius 2 is 1.14 bits per heavy atom. The Morgan fingerprint density at radius 1 is 1.00 bits per heavy atom. The van der Waals surface area contributed by atoms with Crippen molar-refractivity contribution in [3.63, 3.8) is 0 Å². The molecule has 0 amide bonds. The quantitative estimate of drug-likeness (QED) is 0.503. The summed E-state index contributed by atoms with van der Waals surface area (Å²) >= 11 is 0. The molecule has 1 nitrogen and oxygen atoms in total. The van der Waals surface area contributed by atoms with Gasteiger partial charge in [-0.15, -0.1) is 0 Å². The van der Waals surface area contributed by atoms with Crippen LogP contribution in [0.2, 0.25) is 0 Å². The molecule has 0 saturated heterocycles. The summed E-state index contributed by atoms with van der Waals surface area (Å²) in [5, 5.41) is 0. The first-order valence-electron chi connectivity index (χ1n) is 1.96. The third-order valence-electron chi connectivity index (χ3n) is 0.729. The molecule has 0 aliphatic carbocycles. The number of rotatable bonds is 1. The molecule has 0 rings (SSSR count). The highest BCUT2D eigenvalue weighted by molar-refractivity contribution is 5.19. The Kier molecular flexibility index (Phi) is 5.00. The van der Waals surface area contributed by atoms with E-state index in [4.69, 9.17) is 0 Å². The fraction of sp³-hybridized carbons (Fsp3) is 0.333. The van der Waals surface area contributed by atoms with Gasteiger partial charge in [0, 0.05) is 0 Å². The minimum Gasteiger partial charge on any atom is -0.344 e. The Balaban J connectivity index is 0. The molecule has 0 spiro atoms. The highest BCUT2D eigenvalue weighted by Crippen LogP contribution is 1.98. The van der Waals surface area contributed by atoms with Gasteiger partial charge in [-0.05, 0) is 13.8 Å².